The van der Waals surface area contributed by atoms with Gasteiger partial charge in [-0.05, 0) is 18.6 Å². The van der Waals surface area contributed by atoms with Crippen molar-refractivity contribution in [2.24, 2.45) is 0 Å². The van der Waals surface area contributed by atoms with Crippen molar-refractivity contribution in [2.75, 3.05) is 14.2 Å². The summed E-state index contributed by atoms with van der Waals surface area (Å²) in [6, 6.07) is 1.54. The fourth-order valence-corrected chi connectivity index (χ4v) is 1.09. The van der Waals surface area contributed by atoms with Crippen LogP contribution in [0.25, 0.3) is 0 Å². The average molecular weight is 197 g/mol. The summed E-state index contributed by atoms with van der Waals surface area (Å²) in [6.07, 6.45) is 0. The van der Waals surface area contributed by atoms with E-state index >= 15 is 0 Å². The van der Waals surface area contributed by atoms with Crippen LogP contribution in [0.1, 0.15) is 26.5 Å². The molecule has 0 spiro atoms. The van der Waals surface area contributed by atoms with Crippen LogP contribution in [0.4, 0.5) is 0 Å². The Labute approximate surface area is 81.0 Å². The molecule has 5 nitrogen and oxygen atoms in total. The van der Waals surface area contributed by atoms with Crippen LogP contribution >= 0.6 is 0 Å². The van der Waals surface area contributed by atoms with Crippen LogP contribution in [-0.4, -0.2) is 31.1 Å². The zero-order chi connectivity index (χ0) is 10.7. The minimum absolute atomic E-state index is 0.241. The lowest BCUT2D eigenvalue weighted by molar-refractivity contribution is 0.0590. The van der Waals surface area contributed by atoms with Crippen molar-refractivity contribution >= 4 is 11.9 Å². The molecule has 0 aliphatic carbocycles. The molecule has 0 atom stereocenters. The first-order valence-corrected chi connectivity index (χ1v) is 3.96. The number of carbonyl (C=O) groups excluding carboxylic acids is 2. The Morgan fingerprint density at radius 2 is 1.79 bits per heavy atom. The summed E-state index contributed by atoms with van der Waals surface area (Å²) in [5, 5.41) is 0. The van der Waals surface area contributed by atoms with E-state index in [1.165, 1.54) is 20.3 Å². The molecule has 1 N–H and O–H groups in total. The van der Waals surface area contributed by atoms with Gasteiger partial charge in [0.2, 0.25) is 0 Å². The SMILES string of the molecule is COC(=O)c1cc(C)c(C(=O)OC)[nH]1. The van der Waals surface area contributed by atoms with Crippen molar-refractivity contribution in [3.8, 4) is 0 Å². The van der Waals surface area contributed by atoms with Crippen molar-refractivity contribution in [3.05, 3.63) is 23.0 Å². The highest BCUT2D eigenvalue weighted by molar-refractivity contribution is 5.94. The molecule has 0 unspecified atom stereocenters. The number of hydrogen-bond acceptors (Lipinski definition) is 4. The third-order valence-corrected chi connectivity index (χ3v) is 1.81. The summed E-state index contributed by atoms with van der Waals surface area (Å²) >= 11 is 0. The second-order valence-corrected chi connectivity index (χ2v) is 2.72. The zero-order valence-corrected chi connectivity index (χ0v) is 8.21. The number of rotatable bonds is 2. The maximum absolute atomic E-state index is 11.2. The molecular weight excluding hydrogens is 186 g/mol. The van der Waals surface area contributed by atoms with Crippen molar-refractivity contribution in [1.82, 2.24) is 4.98 Å². The lowest BCUT2D eigenvalue weighted by Gasteiger charge is -1.96. The maximum atomic E-state index is 11.2. The van der Waals surface area contributed by atoms with Gasteiger partial charge in [-0.25, -0.2) is 9.59 Å². The molecule has 76 valence electrons. The molecule has 0 saturated carbocycles. The number of methoxy groups -OCH3 is 2. The highest BCUT2D eigenvalue weighted by atomic mass is 16.5. The van der Waals surface area contributed by atoms with Crippen LogP contribution in [0.3, 0.4) is 0 Å². The van der Waals surface area contributed by atoms with E-state index in [0.29, 0.717) is 5.56 Å². The first-order chi connectivity index (χ1) is 6.60. The van der Waals surface area contributed by atoms with Gasteiger partial charge >= 0.3 is 11.9 Å². The number of H-pyrrole nitrogens is 1. The van der Waals surface area contributed by atoms with E-state index < -0.39 is 11.9 Å². The van der Waals surface area contributed by atoms with Crippen LogP contribution in [0.5, 0.6) is 0 Å². The molecule has 1 aromatic rings. The summed E-state index contributed by atoms with van der Waals surface area (Å²) < 4.78 is 9.02. The highest BCUT2D eigenvalue weighted by Crippen LogP contribution is 2.11. The number of esters is 2. The molecule has 5 heteroatoms. The second kappa shape index (κ2) is 3.95. The molecule has 0 fully saturated rings. The number of nitrogens with one attached hydrogen (secondary N) is 1. The van der Waals surface area contributed by atoms with Crippen molar-refractivity contribution in [2.45, 2.75) is 6.92 Å². The Balaban J connectivity index is 3.05. The molecule has 0 aliphatic heterocycles. The van der Waals surface area contributed by atoms with Crippen LogP contribution < -0.4 is 0 Å². The van der Waals surface area contributed by atoms with E-state index in [2.05, 4.69) is 14.5 Å². The molecule has 1 aromatic heterocycles. The van der Waals surface area contributed by atoms with E-state index in [1.807, 2.05) is 0 Å². The molecule has 0 radical (unpaired) electrons. The molecule has 14 heavy (non-hydrogen) atoms. The van der Waals surface area contributed by atoms with Gasteiger partial charge in [0.15, 0.2) is 0 Å². The molecule has 0 saturated heterocycles. The molecule has 0 amide bonds. The summed E-state index contributed by atoms with van der Waals surface area (Å²) in [4.78, 5) is 24.9. The third-order valence-electron chi connectivity index (χ3n) is 1.81. The Morgan fingerprint density at radius 1 is 1.21 bits per heavy atom. The zero-order valence-electron chi connectivity index (χ0n) is 8.21. The number of aromatic nitrogens is 1. The number of ether oxygens (including phenoxy) is 2. The molecule has 0 bridgehead atoms. The van der Waals surface area contributed by atoms with Gasteiger partial charge in [-0.3, -0.25) is 0 Å². The van der Waals surface area contributed by atoms with Crippen LogP contribution in [0.15, 0.2) is 6.07 Å². The van der Waals surface area contributed by atoms with E-state index in [9.17, 15) is 9.59 Å². The van der Waals surface area contributed by atoms with Gasteiger partial charge in [-0.1, -0.05) is 0 Å². The molecule has 0 aromatic carbocycles. The maximum Gasteiger partial charge on any atom is 0.354 e. The van der Waals surface area contributed by atoms with Crippen molar-refractivity contribution < 1.29 is 19.1 Å². The van der Waals surface area contributed by atoms with Crippen molar-refractivity contribution in [3.63, 3.8) is 0 Å². The first kappa shape index (κ1) is 10.3. The normalized spacial score (nSPS) is 9.64. The fraction of sp³-hybridized carbons (Fsp3) is 0.333. The summed E-state index contributed by atoms with van der Waals surface area (Å²) in [7, 11) is 2.55. The average Bonchev–Trinajstić information content (AvgIpc) is 2.58. The van der Waals surface area contributed by atoms with Crippen LogP contribution in [0.2, 0.25) is 0 Å². The van der Waals surface area contributed by atoms with E-state index in [1.54, 1.807) is 6.92 Å². The molecule has 0 aliphatic rings. The largest absolute Gasteiger partial charge is 0.464 e. The number of aryl methyl sites for hydroxylation is 1. The minimum Gasteiger partial charge on any atom is -0.464 e. The summed E-state index contributed by atoms with van der Waals surface area (Å²) in [6.45, 7) is 1.70. The van der Waals surface area contributed by atoms with Crippen LogP contribution in [0, 0.1) is 6.92 Å². The smallest absolute Gasteiger partial charge is 0.354 e. The quantitative estimate of drug-likeness (QED) is 0.715. The second-order valence-electron chi connectivity index (χ2n) is 2.72. The minimum atomic E-state index is -0.511. The molecule has 1 rings (SSSR count). The van der Waals surface area contributed by atoms with Gasteiger partial charge in [0.05, 0.1) is 14.2 Å². The fourth-order valence-electron chi connectivity index (χ4n) is 1.09. The lowest BCUT2D eigenvalue weighted by atomic mass is 10.2. The van der Waals surface area contributed by atoms with E-state index in [4.69, 9.17) is 0 Å². The number of aromatic amines is 1. The summed E-state index contributed by atoms with van der Waals surface area (Å²) in [5.74, 6) is -1.01. The lowest BCUT2D eigenvalue weighted by Crippen LogP contribution is -2.05. The number of carbonyl (C=O) groups is 2. The predicted molar refractivity (Wildman–Crippen MR) is 48.2 cm³/mol. The van der Waals surface area contributed by atoms with E-state index in [-0.39, 0.29) is 11.4 Å². The molecular formula is C9H11NO4. The Kier molecular flexibility index (Phi) is 2.91. The van der Waals surface area contributed by atoms with Gasteiger partial charge in [-0.2, -0.15) is 0 Å². The van der Waals surface area contributed by atoms with Gasteiger partial charge in [0.25, 0.3) is 0 Å². The van der Waals surface area contributed by atoms with Gasteiger partial charge in [0, 0.05) is 0 Å². The Morgan fingerprint density at radius 3 is 2.29 bits per heavy atom. The Hall–Kier alpha value is -1.78. The van der Waals surface area contributed by atoms with E-state index in [0.717, 1.165) is 0 Å². The predicted octanol–water partition coefficient (Wildman–Crippen LogP) is 0.896. The number of hydrogen-bond donors (Lipinski definition) is 1. The first-order valence-electron chi connectivity index (χ1n) is 3.96. The van der Waals surface area contributed by atoms with Crippen molar-refractivity contribution in [1.29, 1.82) is 0 Å². The monoisotopic (exact) mass is 197 g/mol. The topological polar surface area (TPSA) is 68.4 Å². The highest BCUT2D eigenvalue weighted by Gasteiger charge is 2.16. The van der Waals surface area contributed by atoms with Gasteiger partial charge < -0.3 is 14.5 Å². The van der Waals surface area contributed by atoms with Gasteiger partial charge in [-0.15, -0.1) is 0 Å². The summed E-state index contributed by atoms with van der Waals surface area (Å²) in [5.41, 5.74) is 1.16. The van der Waals surface area contributed by atoms with Gasteiger partial charge in [0.1, 0.15) is 11.4 Å². The third kappa shape index (κ3) is 1.76. The Bertz CT molecular complexity index is 367. The van der Waals surface area contributed by atoms with Crippen LogP contribution in [-0.2, 0) is 9.47 Å². The standard InChI is InChI=1S/C9H11NO4/c1-5-4-6(8(11)13-2)10-7(5)9(12)14-3/h4,10H,1-3H3. The molecule has 1 heterocycles.